The minimum Gasteiger partial charge on any atom is -0.385 e. The molecule has 1 rings (SSSR count). The van der Waals surface area contributed by atoms with Gasteiger partial charge < -0.3 is 4.74 Å². The predicted molar refractivity (Wildman–Crippen MR) is 60.4 cm³/mol. The summed E-state index contributed by atoms with van der Waals surface area (Å²) in [6, 6.07) is 0. The van der Waals surface area contributed by atoms with Crippen molar-refractivity contribution in [3.63, 3.8) is 0 Å². The monoisotopic (exact) mass is 234 g/mol. The Hall–Kier alpha value is -0.370. The number of hydrogen-bond acceptors (Lipinski definition) is 7. The predicted octanol–water partition coefficient (Wildman–Crippen LogP) is 1.09. The second kappa shape index (κ2) is 6.99. The third kappa shape index (κ3) is 4.23. The molecular formula is C7H14N4OS2. The molecule has 0 atom stereocenters. The SMILES string of the molecule is COCCCSCc1nnc(NN)s1. The molecule has 0 bridgehead atoms. The van der Waals surface area contributed by atoms with Crippen LogP contribution in [0.5, 0.6) is 0 Å². The van der Waals surface area contributed by atoms with E-state index in [4.69, 9.17) is 10.6 Å². The van der Waals surface area contributed by atoms with Crippen LogP contribution < -0.4 is 11.3 Å². The Labute approximate surface area is 91.4 Å². The van der Waals surface area contributed by atoms with E-state index in [1.54, 1.807) is 7.11 Å². The third-order valence-electron chi connectivity index (χ3n) is 1.45. The van der Waals surface area contributed by atoms with Crippen LogP contribution in [-0.4, -0.2) is 29.7 Å². The number of aromatic nitrogens is 2. The molecule has 0 unspecified atom stereocenters. The maximum atomic E-state index is 5.19. The summed E-state index contributed by atoms with van der Waals surface area (Å²) in [5.41, 5.74) is 2.47. The van der Waals surface area contributed by atoms with Gasteiger partial charge in [-0.3, -0.25) is 5.43 Å². The van der Waals surface area contributed by atoms with Crippen molar-refractivity contribution in [2.45, 2.75) is 12.2 Å². The molecule has 1 aromatic rings. The van der Waals surface area contributed by atoms with E-state index >= 15 is 0 Å². The van der Waals surface area contributed by atoms with Gasteiger partial charge in [0.25, 0.3) is 0 Å². The zero-order valence-electron chi connectivity index (χ0n) is 8.02. The van der Waals surface area contributed by atoms with Crippen LogP contribution in [0.15, 0.2) is 0 Å². The summed E-state index contributed by atoms with van der Waals surface area (Å²) in [6.07, 6.45) is 1.07. The molecule has 1 aromatic heterocycles. The van der Waals surface area contributed by atoms with Crippen molar-refractivity contribution in [3.05, 3.63) is 5.01 Å². The lowest BCUT2D eigenvalue weighted by molar-refractivity contribution is 0.200. The van der Waals surface area contributed by atoms with Gasteiger partial charge in [-0.25, -0.2) is 5.84 Å². The summed E-state index contributed by atoms with van der Waals surface area (Å²) in [4.78, 5) is 0. The Morgan fingerprint density at radius 2 is 2.43 bits per heavy atom. The average Bonchev–Trinajstić information content (AvgIpc) is 2.65. The maximum absolute atomic E-state index is 5.19. The summed E-state index contributed by atoms with van der Waals surface area (Å²) in [5, 5.41) is 9.49. The fraction of sp³-hybridized carbons (Fsp3) is 0.714. The van der Waals surface area contributed by atoms with E-state index in [1.165, 1.54) is 11.3 Å². The molecule has 0 radical (unpaired) electrons. The second-order valence-electron chi connectivity index (χ2n) is 2.54. The molecular weight excluding hydrogens is 220 g/mol. The highest BCUT2D eigenvalue weighted by Gasteiger charge is 2.01. The zero-order valence-corrected chi connectivity index (χ0v) is 9.66. The minimum absolute atomic E-state index is 0.664. The van der Waals surface area contributed by atoms with Gasteiger partial charge in [-0.2, -0.15) is 11.8 Å². The number of ether oxygens (including phenoxy) is 1. The van der Waals surface area contributed by atoms with Gasteiger partial charge in [0, 0.05) is 19.5 Å². The smallest absolute Gasteiger partial charge is 0.219 e. The molecule has 3 N–H and O–H groups in total. The van der Waals surface area contributed by atoms with Gasteiger partial charge in [-0.1, -0.05) is 11.3 Å². The Bertz CT molecular complexity index is 256. The quantitative estimate of drug-likeness (QED) is 0.418. The summed E-state index contributed by atoms with van der Waals surface area (Å²) < 4.78 is 4.95. The van der Waals surface area contributed by atoms with E-state index in [0.29, 0.717) is 5.13 Å². The van der Waals surface area contributed by atoms with E-state index in [0.717, 1.165) is 29.5 Å². The van der Waals surface area contributed by atoms with Gasteiger partial charge in [-0.05, 0) is 12.2 Å². The van der Waals surface area contributed by atoms with E-state index in [1.807, 2.05) is 11.8 Å². The number of hydrazine groups is 1. The highest BCUT2D eigenvalue weighted by Crippen LogP contribution is 2.19. The van der Waals surface area contributed by atoms with Crippen molar-refractivity contribution >= 4 is 28.2 Å². The minimum atomic E-state index is 0.664. The van der Waals surface area contributed by atoms with Gasteiger partial charge in [0.15, 0.2) is 0 Å². The highest BCUT2D eigenvalue weighted by atomic mass is 32.2. The maximum Gasteiger partial charge on any atom is 0.219 e. The number of hydrogen-bond donors (Lipinski definition) is 2. The first-order valence-electron chi connectivity index (χ1n) is 4.22. The fourth-order valence-electron chi connectivity index (χ4n) is 0.835. The fourth-order valence-corrected chi connectivity index (χ4v) is 2.46. The zero-order chi connectivity index (χ0) is 10.2. The highest BCUT2D eigenvalue weighted by molar-refractivity contribution is 7.98. The number of thioether (sulfide) groups is 1. The summed E-state index contributed by atoms with van der Waals surface area (Å²) >= 11 is 3.32. The first-order chi connectivity index (χ1) is 6.86. The molecule has 0 aliphatic carbocycles. The summed E-state index contributed by atoms with van der Waals surface area (Å²) in [7, 11) is 1.72. The number of nitrogens with one attached hydrogen (secondary N) is 1. The number of nitrogens with two attached hydrogens (primary N) is 1. The van der Waals surface area contributed by atoms with E-state index in [-0.39, 0.29) is 0 Å². The van der Waals surface area contributed by atoms with Crippen LogP contribution in [0.3, 0.4) is 0 Å². The van der Waals surface area contributed by atoms with Gasteiger partial charge >= 0.3 is 0 Å². The number of methoxy groups -OCH3 is 1. The molecule has 0 aromatic carbocycles. The topological polar surface area (TPSA) is 73.1 Å². The van der Waals surface area contributed by atoms with Crippen LogP contribution in [0.2, 0.25) is 0 Å². The van der Waals surface area contributed by atoms with Crippen LogP contribution in [0.25, 0.3) is 0 Å². The Morgan fingerprint density at radius 3 is 3.07 bits per heavy atom. The molecule has 0 amide bonds. The van der Waals surface area contributed by atoms with E-state index in [9.17, 15) is 0 Å². The van der Waals surface area contributed by atoms with E-state index < -0.39 is 0 Å². The third-order valence-corrected chi connectivity index (χ3v) is 3.55. The lowest BCUT2D eigenvalue weighted by atomic mass is 10.5. The first kappa shape index (κ1) is 11.7. The number of nitrogens with zero attached hydrogens (tertiary/aromatic N) is 2. The van der Waals surface area contributed by atoms with Crippen molar-refractivity contribution in [1.82, 2.24) is 10.2 Å². The standard InChI is InChI=1S/C7H14N4OS2/c1-12-3-2-4-13-5-6-10-11-7(9-8)14-6/h2-5,8H2,1H3,(H,9,11). The van der Waals surface area contributed by atoms with E-state index in [2.05, 4.69) is 15.6 Å². The summed E-state index contributed by atoms with van der Waals surface area (Å²) in [5.74, 6) is 7.17. The van der Waals surface area contributed by atoms with Crippen molar-refractivity contribution in [2.24, 2.45) is 5.84 Å². The second-order valence-corrected chi connectivity index (χ2v) is 4.71. The van der Waals surface area contributed by atoms with Crippen molar-refractivity contribution in [3.8, 4) is 0 Å². The summed E-state index contributed by atoms with van der Waals surface area (Å²) in [6.45, 7) is 0.818. The molecule has 7 heteroatoms. The van der Waals surface area contributed by atoms with Crippen LogP contribution in [0, 0.1) is 0 Å². The molecule has 0 spiro atoms. The molecule has 14 heavy (non-hydrogen) atoms. The van der Waals surface area contributed by atoms with Crippen LogP contribution in [0.4, 0.5) is 5.13 Å². The Kier molecular flexibility index (Phi) is 5.85. The number of anilines is 1. The molecule has 80 valence electrons. The van der Waals surface area contributed by atoms with Crippen LogP contribution in [-0.2, 0) is 10.5 Å². The average molecular weight is 234 g/mol. The molecule has 0 aliphatic heterocycles. The largest absolute Gasteiger partial charge is 0.385 e. The van der Waals surface area contributed by atoms with Gasteiger partial charge in [-0.15, -0.1) is 10.2 Å². The number of nitrogen functional groups attached to an aromatic ring is 1. The van der Waals surface area contributed by atoms with Crippen molar-refractivity contribution in [1.29, 1.82) is 0 Å². The lowest BCUT2D eigenvalue weighted by Crippen LogP contribution is -2.05. The Balaban J connectivity index is 2.12. The van der Waals surface area contributed by atoms with Crippen molar-refractivity contribution in [2.75, 3.05) is 24.9 Å². The first-order valence-corrected chi connectivity index (χ1v) is 6.19. The van der Waals surface area contributed by atoms with Crippen molar-refractivity contribution < 1.29 is 4.74 Å². The van der Waals surface area contributed by atoms with Crippen LogP contribution >= 0.6 is 23.1 Å². The number of rotatable bonds is 7. The molecule has 0 saturated heterocycles. The molecule has 5 nitrogen and oxygen atoms in total. The van der Waals surface area contributed by atoms with Gasteiger partial charge in [0.1, 0.15) is 5.01 Å². The van der Waals surface area contributed by atoms with Crippen LogP contribution in [0.1, 0.15) is 11.4 Å². The normalized spacial score (nSPS) is 10.4. The van der Waals surface area contributed by atoms with Gasteiger partial charge in [0.05, 0.1) is 0 Å². The van der Waals surface area contributed by atoms with Gasteiger partial charge in [0.2, 0.25) is 5.13 Å². The Morgan fingerprint density at radius 1 is 1.57 bits per heavy atom. The molecule has 0 fully saturated rings. The molecule has 0 aliphatic rings. The lowest BCUT2D eigenvalue weighted by Gasteiger charge is -1.97. The molecule has 1 heterocycles. The molecule has 0 saturated carbocycles.